The first kappa shape index (κ1) is 10.7. The summed E-state index contributed by atoms with van der Waals surface area (Å²) in [7, 11) is 0. The second-order valence-corrected chi connectivity index (χ2v) is 4.85. The Morgan fingerprint density at radius 2 is 2.35 bits per heavy atom. The molecule has 1 fully saturated rings. The van der Waals surface area contributed by atoms with Gasteiger partial charge in [-0.1, -0.05) is 0 Å². The minimum Gasteiger partial charge on any atom is -0.493 e. The van der Waals surface area contributed by atoms with Crippen LogP contribution in [0.3, 0.4) is 0 Å². The first-order chi connectivity index (χ1) is 8.33. The van der Waals surface area contributed by atoms with Crippen LogP contribution in [0, 0.1) is 12.8 Å². The summed E-state index contributed by atoms with van der Waals surface area (Å²) in [6.45, 7) is 5.15. The van der Waals surface area contributed by atoms with E-state index in [-0.39, 0.29) is 0 Å². The zero-order valence-electron chi connectivity index (χ0n) is 10.1. The van der Waals surface area contributed by atoms with Gasteiger partial charge in [-0.05, 0) is 37.6 Å². The highest BCUT2D eigenvalue weighted by molar-refractivity contribution is 5.84. The zero-order chi connectivity index (χ0) is 11.7. The largest absolute Gasteiger partial charge is 0.493 e. The monoisotopic (exact) mass is 230 g/mol. The van der Waals surface area contributed by atoms with Crippen LogP contribution in [-0.2, 0) is 0 Å². The van der Waals surface area contributed by atoms with Crippen LogP contribution in [-0.4, -0.2) is 24.7 Å². The van der Waals surface area contributed by atoms with Gasteiger partial charge in [-0.25, -0.2) is 0 Å². The predicted octanol–water partition coefficient (Wildman–Crippen LogP) is 2.46. The van der Waals surface area contributed by atoms with Gasteiger partial charge in [-0.2, -0.15) is 0 Å². The Balaban J connectivity index is 1.72. The quantitative estimate of drug-likeness (QED) is 0.850. The van der Waals surface area contributed by atoms with Crippen molar-refractivity contribution >= 4 is 10.9 Å². The van der Waals surface area contributed by atoms with E-state index in [1.54, 1.807) is 0 Å². The number of aromatic amines is 1. The molecule has 0 saturated carbocycles. The van der Waals surface area contributed by atoms with Crippen LogP contribution >= 0.6 is 0 Å². The Hall–Kier alpha value is -1.48. The van der Waals surface area contributed by atoms with Crippen molar-refractivity contribution in [2.24, 2.45) is 5.92 Å². The van der Waals surface area contributed by atoms with Gasteiger partial charge in [0.2, 0.25) is 0 Å². The lowest BCUT2D eigenvalue weighted by Gasteiger charge is -2.10. The van der Waals surface area contributed by atoms with Crippen LogP contribution in [0.25, 0.3) is 10.9 Å². The Morgan fingerprint density at radius 3 is 3.18 bits per heavy atom. The second kappa shape index (κ2) is 4.41. The van der Waals surface area contributed by atoms with Gasteiger partial charge >= 0.3 is 0 Å². The van der Waals surface area contributed by atoms with Crippen molar-refractivity contribution in [3.63, 3.8) is 0 Å². The summed E-state index contributed by atoms with van der Waals surface area (Å²) in [4.78, 5) is 3.26. The van der Waals surface area contributed by atoms with Gasteiger partial charge in [0.25, 0.3) is 0 Å². The second-order valence-electron chi connectivity index (χ2n) is 4.85. The molecule has 0 aliphatic carbocycles. The molecule has 1 aromatic heterocycles. The lowest BCUT2D eigenvalue weighted by molar-refractivity contribution is 0.260. The zero-order valence-corrected chi connectivity index (χ0v) is 10.1. The predicted molar refractivity (Wildman–Crippen MR) is 69.5 cm³/mol. The molecule has 3 rings (SSSR count). The van der Waals surface area contributed by atoms with E-state index in [0.717, 1.165) is 31.0 Å². The highest BCUT2D eigenvalue weighted by Crippen LogP contribution is 2.23. The number of hydrogen-bond acceptors (Lipinski definition) is 2. The highest BCUT2D eigenvalue weighted by atomic mass is 16.5. The third-order valence-electron chi connectivity index (χ3n) is 3.51. The average molecular weight is 230 g/mol. The molecule has 0 spiro atoms. The SMILES string of the molecule is Cc1c[nH]c2cc(OCC3CCNC3)ccc12. The molecule has 3 nitrogen and oxygen atoms in total. The number of rotatable bonds is 3. The van der Waals surface area contributed by atoms with Crippen molar-refractivity contribution in [1.82, 2.24) is 10.3 Å². The number of aromatic nitrogens is 1. The highest BCUT2D eigenvalue weighted by Gasteiger charge is 2.14. The Bertz CT molecular complexity index is 512. The van der Waals surface area contributed by atoms with Crippen molar-refractivity contribution < 1.29 is 4.74 Å². The van der Waals surface area contributed by atoms with E-state index < -0.39 is 0 Å². The number of H-pyrrole nitrogens is 1. The van der Waals surface area contributed by atoms with Crippen molar-refractivity contribution in [3.05, 3.63) is 30.0 Å². The fraction of sp³-hybridized carbons (Fsp3) is 0.429. The molecule has 1 unspecified atom stereocenters. The van der Waals surface area contributed by atoms with Gasteiger partial charge < -0.3 is 15.0 Å². The Morgan fingerprint density at radius 1 is 1.41 bits per heavy atom. The van der Waals surface area contributed by atoms with E-state index in [1.165, 1.54) is 17.4 Å². The number of ether oxygens (including phenoxy) is 1. The number of fused-ring (bicyclic) bond motifs is 1. The smallest absolute Gasteiger partial charge is 0.121 e. The fourth-order valence-corrected chi connectivity index (χ4v) is 2.41. The van der Waals surface area contributed by atoms with E-state index in [9.17, 15) is 0 Å². The van der Waals surface area contributed by atoms with E-state index in [1.807, 2.05) is 6.20 Å². The van der Waals surface area contributed by atoms with E-state index in [0.29, 0.717) is 5.92 Å². The molecule has 1 atom stereocenters. The van der Waals surface area contributed by atoms with Gasteiger partial charge in [0.1, 0.15) is 5.75 Å². The van der Waals surface area contributed by atoms with Crippen LogP contribution < -0.4 is 10.1 Å². The molecule has 3 heteroatoms. The topological polar surface area (TPSA) is 37.0 Å². The van der Waals surface area contributed by atoms with Gasteiger partial charge in [0.15, 0.2) is 0 Å². The maximum Gasteiger partial charge on any atom is 0.121 e. The normalized spacial score (nSPS) is 19.9. The fourth-order valence-electron chi connectivity index (χ4n) is 2.41. The molecule has 1 saturated heterocycles. The molecule has 1 aliphatic rings. The van der Waals surface area contributed by atoms with Gasteiger partial charge in [-0.3, -0.25) is 0 Å². The molecule has 1 aromatic carbocycles. The third-order valence-corrected chi connectivity index (χ3v) is 3.51. The standard InChI is InChI=1S/C14H18N2O/c1-10-7-16-14-6-12(2-3-13(10)14)17-9-11-4-5-15-8-11/h2-3,6-7,11,15-16H,4-5,8-9H2,1H3. The minimum atomic E-state index is 0.663. The summed E-state index contributed by atoms with van der Waals surface area (Å²) in [5, 5.41) is 4.63. The van der Waals surface area contributed by atoms with Crippen LogP contribution in [0.5, 0.6) is 5.75 Å². The maximum absolute atomic E-state index is 5.85. The molecule has 2 N–H and O–H groups in total. The van der Waals surface area contributed by atoms with Crippen LogP contribution in [0.1, 0.15) is 12.0 Å². The first-order valence-corrected chi connectivity index (χ1v) is 6.24. The molecule has 0 amide bonds. The summed E-state index contributed by atoms with van der Waals surface area (Å²) in [6, 6.07) is 6.28. The van der Waals surface area contributed by atoms with Crippen LogP contribution in [0.2, 0.25) is 0 Å². The molecule has 90 valence electrons. The molecule has 2 heterocycles. The molecular weight excluding hydrogens is 212 g/mol. The molecule has 1 aliphatic heterocycles. The number of benzene rings is 1. The lowest BCUT2D eigenvalue weighted by atomic mass is 10.1. The molecule has 0 bridgehead atoms. The Labute approximate surface area is 101 Å². The third kappa shape index (κ3) is 2.15. The van der Waals surface area contributed by atoms with Crippen LogP contribution in [0.4, 0.5) is 0 Å². The summed E-state index contributed by atoms with van der Waals surface area (Å²) in [5.74, 6) is 1.63. The van der Waals surface area contributed by atoms with Gasteiger partial charge in [-0.15, -0.1) is 0 Å². The Kier molecular flexibility index (Phi) is 2.77. The summed E-state index contributed by atoms with van der Waals surface area (Å²) >= 11 is 0. The number of hydrogen-bond donors (Lipinski definition) is 2. The minimum absolute atomic E-state index is 0.663. The number of nitrogens with one attached hydrogen (secondary N) is 2. The lowest BCUT2D eigenvalue weighted by Crippen LogP contribution is -2.15. The summed E-state index contributed by atoms with van der Waals surface area (Å²) in [6.07, 6.45) is 3.26. The summed E-state index contributed by atoms with van der Waals surface area (Å²) < 4.78 is 5.85. The maximum atomic E-state index is 5.85. The average Bonchev–Trinajstić information content (AvgIpc) is 2.97. The van der Waals surface area contributed by atoms with Gasteiger partial charge in [0.05, 0.1) is 6.61 Å². The number of aryl methyl sites for hydroxylation is 1. The molecule has 17 heavy (non-hydrogen) atoms. The van der Waals surface area contributed by atoms with Gasteiger partial charge in [0, 0.05) is 35.6 Å². The van der Waals surface area contributed by atoms with E-state index >= 15 is 0 Å². The van der Waals surface area contributed by atoms with Crippen molar-refractivity contribution in [2.75, 3.05) is 19.7 Å². The van der Waals surface area contributed by atoms with Crippen molar-refractivity contribution in [2.45, 2.75) is 13.3 Å². The van der Waals surface area contributed by atoms with Crippen molar-refractivity contribution in [3.8, 4) is 5.75 Å². The molecule has 0 radical (unpaired) electrons. The summed E-state index contributed by atoms with van der Waals surface area (Å²) in [5.41, 5.74) is 2.44. The molecular formula is C14H18N2O. The van der Waals surface area contributed by atoms with E-state index in [4.69, 9.17) is 4.74 Å². The van der Waals surface area contributed by atoms with E-state index in [2.05, 4.69) is 35.4 Å². The first-order valence-electron chi connectivity index (χ1n) is 6.24. The molecule has 2 aromatic rings. The van der Waals surface area contributed by atoms with Crippen LogP contribution in [0.15, 0.2) is 24.4 Å². The van der Waals surface area contributed by atoms with Crippen molar-refractivity contribution in [1.29, 1.82) is 0 Å².